The van der Waals surface area contributed by atoms with E-state index in [4.69, 9.17) is 17.0 Å². The largest absolute Gasteiger partial charge is 1.00 e. The van der Waals surface area contributed by atoms with Crippen LogP contribution in [0.1, 0.15) is 6.99 Å². The van der Waals surface area contributed by atoms with Crippen LogP contribution in [0.15, 0.2) is 35.8 Å². The Kier molecular flexibility index (Phi) is 6.78. The van der Waals surface area contributed by atoms with Crippen molar-refractivity contribution in [3.05, 3.63) is 51.2 Å². The van der Waals surface area contributed by atoms with Gasteiger partial charge < -0.3 is 22.3 Å². The number of benzene rings is 1. The minimum Gasteiger partial charge on any atom is -1.00 e. The SMILES string of the molecule is N=c1sccn1CC(=O)NCCc1ccc(Cl)cc1.[Cl-].[H+]. The van der Waals surface area contributed by atoms with Gasteiger partial charge in [-0.05, 0) is 24.1 Å². The summed E-state index contributed by atoms with van der Waals surface area (Å²) >= 11 is 7.11. The van der Waals surface area contributed by atoms with Crippen LogP contribution in [0.4, 0.5) is 0 Å². The summed E-state index contributed by atoms with van der Waals surface area (Å²) in [6.07, 6.45) is 2.51. The summed E-state index contributed by atoms with van der Waals surface area (Å²) in [5, 5.41) is 12.9. The molecule has 0 aliphatic rings. The molecule has 1 aromatic carbocycles. The smallest absolute Gasteiger partial charge is 1.00 e. The Morgan fingerprint density at radius 2 is 2.10 bits per heavy atom. The minimum absolute atomic E-state index is 0. The van der Waals surface area contributed by atoms with Gasteiger partial charge in [0.05, 0.1) is 0 Å². The van der Waals surface area contributed by atoms with Crippen molar-refractivity contribution in [1.82, 2.24) is 9.88 Å². The van der Waals surface area contributed by atoms with Gasteiger partial charge in [-0.3, -0.25) is 10.2 Å². The van der Waals surface area contributed by atoms with Crippen LogP contribution in [-0.2, 0) is 17.8 Å². The summed E-state index contributed by atoms with van der Waals surface area (Å²) in [6, 6.07) is 7.58. The Hall–Kier alpha value is -1.30. The lowest BCUT2D eigenvalue weighted by Crippen LogP contribution is -3.00. The molecule has 0 saturated carbocycles. The van der Waals surface area contributed by atoms with Gasteiger partial charge in [-0.15, -0.1) is 11.3 Å². The van der Waals surface area contributed by atoms with Crippen LogP contribution in [0.3, 0.4) is 0 Å². The zero-order valence-electron chi connectivity index (χ0n) is 11.6. The van der Waals surface area contributed by atoms with Crippen LogP contribution in [0, 0.1) is 5.41 Å². The maximum Gasteiger partial charge on any atom is 1.00 e. The molecule has 2 aromatic rings. The van der Waals surface area contributed by atoms with Gasteiger partial charge in [0.2, 0.25) is 5.91 Å². The fourth-order valence-electron chi connectivity index (χ4n) is 1.64. The van der Waals surface area contributed by atoms with Crippen molar-refractivity contribution in [2.75, 3.05) is 6.54 Å². The second-order valence-corrected chi connectivity index (χ2v) is 5.39. The number of carbonyl (C=O) groups excluding carboxylic acids is 1. The van der Waals surface area contributed by atoms with Gasteiger partial charge >= 0.3 is 1.43 Å². The zero-order chi connectivity index (χ0) is 13.7. The minimum atomic E-state index is -0.0779. The molecule has 0 fully saturated rings. The number of hydrogen-bond acceptors (Lipinski definition) is 3. The van der Waals surface area contributed by atoms with Crippen LogP contribution < -0.4 is 22.5 Å². The lowest BCUT2D eigenvalue weighted by molar-refractivity contribution is -0.121. The van der Waals surface area contributed by atoms with Crippen molar-refractivity contribution in [2.24, 2.45) is 0 Å². The highest BCUT2D eigenvalue weighted by molar-refractivity contribution is 7.06. The molecule has 1 aromatic heterocycles. The zero-order valence-corrected chi connectivity index (χ0v) is 12.9. The Balaban J connectivity index is 0.00000200. The van der Waals surface area contributed by atoms with Crippen LogP contribution in [0.2, 0.25) is 5.02 Å². The molecule has 0 saturated heterocycles. The summed E-state index contributed by atoms with van der Waals surface area (Å²) in [7, 11) is 0. The topological polar surface area (TPSA) is 57.9 Å². The third-order valence-electron chi connectivity index (χ3n) is 2.64. The van der Waals surface area contributed by atoms with Crippen molar-refractivity contribution >= 4 is 28.8 Å². The predicted molar refractivity (Wildman–Crippen MR) is 77.4 cm³/mol. The second kappa shape index (κ2) is 8.09. The van der Waals surface area contributed by atoms with Crippen LogP contribution in [0.25, 0.3) is 0 Å². The Bertz CT molecular complexity index is 612. The maximum atomic E-state index is 11.7. The normalized spacial score (nSPS) is 9.85. The average Bonchev–Trinajstić information content (AvgIpc) is 2.78. The number of halogens is 2. The van der Waals surface area contributed by atoms with E-state index in [1.807, 2.05) is 24.3 Å². The molecule has 0 unspecified atom stereocenters. The first-order valence-electron chi connectivity index (χ1n) is 5.85. The van der Waals surface area contributed by atoms with E-state index in [0.717, 1.165) is 12.0 Å². The summed E-state index contributed by atoms with van der Waals surface area (Å²) in [6.45, 7) is 0.779. The van der Waals surface area contributed by atoms with Gasteiger partial charge in [0.1, 0.15) is 6.54 Å². The van der Waals surface area contributed by atoms with Crippen molar-refractivity contribution in [3.63, 3.8) is 0 Å². The highest BCUT2D eigenvalue weighted by Gasteiger charge is 2.03. The molecule has 0 radical (unpaired) electrons. The third-order valence-corrected chi connectivity index (χ3v) is 3.61. The van der Waals surface area contributed by atoms with E-state index in [2.05, 4.69) is 5.32 Å². The average molecular weight is 332 g/mol. The highest BCUT2D eigenvalue weighted by atomic mass is 35.5. The molecule has 4 nitrogen and oxygen atoms in total. The molecule has 1 amide bonds. The monoisotopic (exact) mass is 331 g/mol. The molecular weight excluding hydrogens is 317 g/mol. The summed E-state index contributed by atoms with van der Waals surface area (Å²) in [5.41, 5.74) is 1.13. The fraction of sp³-hybridized carbons (Fsp3) is 0.231. The van der Waals surface area contributed by atoms with E-state index in [-0.39, 0.29) is 26.3 Å². The first-order chi connectivity index (χ1) is 9.15. The number of rotatable bonds is 5. The van der Waals surface area contributed by atoms with Crippen LogP contribution in [-0.4, -0.2) is 17.0 Å². The fourth-order valence-corrected chi connectivity index (χ4v) is 2.36. The van der Waals surface area contributed by atoms with Gasteiger partial charge in [0.15, 0.2) is 4.80 Å². The number of nitrogens with zero attached hydrogens (tertiary/aromatic N) is 1. The molecule has 0 aliphatic carbocycles. The van der Waals surface area contributed by atoms with Gasteiger partial charge in [-0.25, -0.2) is 0 Å². The highest BCUT2D eigenvalue weighted by Crippen LogP contribution is 2.09. The Morgan fingerprint density at radius 3 is 2.70 bits per heavy atom. The van der Waals surface area contributed by atoms with Crippen LogP contribution >= 0.6 is 22.9 Å². The van der Waals surface area contributed by atoms with E-state index in [1.165, 1.54) is 11.3 Å². The number of thiazole rings is 1. The number of amides is 1. The Labute approximate surface area is 133 Å². The molecule has 108 valence electrons. The number of hydrogen-bond donors (Lipinski definition) is 2. The number of nitrogens with one attached hydrogen (secondary N) is 2. The lowest BCUT2D eigenvalue weighted by Gasteiger charge is -2.06. The van der Waals surface area contributed by atoms with E-state index in [1.54, 1.807) is 16.1 Å². The quantitative estimate of drug-likeness (QED) is 0.737. The molecular formula is C13H15Cl2N3OS. The molecule has 20 heavy (non-hydrogen) atoms. The van der Waals surface area contributed by atoms with E-state index in [0.29, 0.717) is 16.4 Å². The van der Waals surface area contributed by atoms with Gasteiger partial charge in [0.25, 0.3) is 0 Å². The Morgan fingerprint density at radius 1 is 1.40 bits per heavy atom. The standard InChI is InChI=1S/C13H14ClN3OS.ClH/c14-11-3-1-10(2-4-11)5-6-16-12(18)9-17-7-8-19-13(17)15;/h1-4,7-8,15H,5-6,9H2,(H,16,18);1H. The molecule has 0 bridgehead atoms. The van der Waals surface area contributed by atoms with Crippen molar-refractivity contribution < 1.29 is 18.6 Å². The van der Waals surface area contributed by atoms with Crippen LogP contribution in [0.5, 0.6) is 0 Å². The second-order valence-electron chi connectivity index (χ2n) is 4.06. The summed E-state index contributed by atoms with van der Waals surface area (Å²) < 4.78 is 1.61. The van der Waals surface area contributed by atoms with Gasteiger partial charge in [-0.1, -0.05) is 23.7 Å². The van der Waals surface area contributed by atoms with E-state index < -0.39 is 0 Å². The first kappa shape index (κ1) is 16.8. The predicted octanol–water partition coefficient (Wildman–Crippen LogP) is -0.842. The van der Waals surface area contributed by atoms with Gasteiger partial charge in [-0.2, -0.15) is 0 Å². The molecule has 0 atom stereocenters. The number of aromatic nitrogens is 1. The molecule has 0 aliphatic heterocycles. The van der Waals surface area contributed by atoms with Crippen molar-refractivity contribution in [3.8, 4) is 0 Å². The summed E-state index contributed by atoms with van der Waals surface area (Å²) in [5.74, 6) is -0.0779. The van der Waals surface area contributed by atoms with Gasteiger partial charge in [0, 0.05) is 23.1 Å². The van der Waals surface area contributed by atoms with E-state index >= 15 is 0 Å². The van der Waals surface area contributed by atoms with Crippen molar-refractivity contribution in [1.29, 1.82) is 5.41 Å². The molecule has 2 rings (SSSR count). The first-order valence-corrected chi connectivity index (χ1v) is 7.10. The lowest BCUT2D eigenvalue weighted by atomic mass is 10.1. The number of carbonyl (C=O) groups is 1. The van der Waals surface area contributed by atoms with E-state index in [9.17, 15) is 4.79 Å². The van der Waals surface area contributed by atoms with Crippen molar-refractivity contribution in [2.45, 2.75) is 13.0 Å². The molecule has 2 N–H and O–H groups in total. The third kappa shape index (κ3) is 5.00. The summed E-state index contributed by atoms with van der Waals surface area (Å²) in [4.78, 5) is 12.1. The molecule has 7 heteroatoms. The molecule has 0 spiro atoms. The molecule has 1 heterocycles. The maximum absolute atomic E-state index is 11.7.